The molecule has 0 saturated heterocycles. The third-order valence-electron chi connectivity index (χ3n) is 4.98. The van der Waals surface area contributed by atoms with Gasteiger partial charge in [0.25, 0.3) is 5.91 Å². The lowest BCUT2D eigenvalue weighted by Gasteiger charge is -2.08. The predicted octanol–water partition coefficient (Wildman–Crippen LogP) is 4.06. The highest BCUT2D eigenvalue weighted by Gasteiger charge is 2.21. The summed E-state index contributed by atoms with van der Waals surface area (Å²) < 4.78 is 16.3. The van der Waals surface area contributed by atoms with Gasteiger partial charge in [0, 0.05) is 31.6 Å². The van der Waals surface area contributed by atoms with Crippen molar-refractivity contribution in [3.05, 3.63) is 76.2 Å². The van der Waals surface area contributed by atoms with E-state index in [9.17, 15) is 4.79 Å². The summed E-state index contributed by atoms with van der Waals surface area (Å²) in [7, 11) is 3.14. The number of hydrogen-bond acceptors (Lipinski definition) is 8. The van der Waals surface area contributed by atoms with Crippen LogP contribution in [0.3, 0.4) is 0 Å². The van der Waals surface area contributed by atoms with E-state index >= 15 is 0 Å². The molecule has 0 fully saturated rings. The number of fused-ring (bicyclic) bond motifs is 1. The van der Waals surface area contributed by atoms with Gasteiger partial charge in [-0.3, -0.25) is 9.78 Å². The molecule has 170 valence electrons. The topological polar surface area (TPSA) is 95.5 Å². The minimum Gasteiger partial charge on any atom is -0.489 e. The average Bonchev–Trinajstić information content (AvgIpc) is 3.18. The van der Waals surface area contributed by atoms with Crippen LogP contribution in [-0.4, -0.2) is 35.1 Å². The zero-order chi connectivity index (χ0) is 23.2. The first kappa shape index (κ1) is 22.6. The normalized spacial score (nSPS) is 10.9. The predicted molar refractivity (Wildman–Crippen MR) is 126 cm³/mol. The Morgan fingerprint density at radius 2 is 1.88 bits per heavy atom. The number of pyridine rings is 1. The van der Waals surface area contributed by atoms with Gasteiger partial charge in [-0.05, 0) is 36.2 Å². The number of thiophene rings is 1. The van der Waals surface area contributed by atoms with Gasteiger partial charge in [0.2, 0.25) is 5.88 Å². The number of carbonyl (C=O) groups is 1. The van der Waals surface area contributed by atoms with Gasteiger partial charge in [-0.2, -0.15) is 4.98 Å². The van der Waals surface area contributed by atoms with E-state index in [2.05, 4.69) is 20.3 Å². The molecule has 0 atom stereocenters. The lowest BCUT2D eigenvalue weighted by atomic mass is 10.2. The Bertz CT molecular complexity index is 1240. The van der Waals surface area contributed by atoms with E-state index in [0.29, 0.717) is 34.6 Å². The summed E-state index contributed by atoms with van der Waals surface area (Å²) in [5.74, 6) is 1.55. The van der Waals surface area contributed by atoms with E-state index in [0.717, 1.165) is 27.8 Å². The van der Waals surface area contributed by atoms with Crippen molar-refractivity contribution < 1.29 is 19.0 Å². The maximum Gasteiger partial charge on any atom is 0.261 e. The van der Waals surface area contributed by atoms with Crippen LogP contribution in [0, 0.1) is 6.92 Å². The summed E-state index contributed by atoms with van der Waals surface area (Å²) >= 11 is 1.32. The molecular formula is C24H24N4O4S. The van der Waals surface area contributed by atoms with Gasteiger partial charge in [-0.25, -0.2) is 4.98 Å². The second-order valence-electron chi connectivity index (χ2n) is 7.30. The fourth-order valence-corrected chi connectivity index (χ4v) is 4.43. The smallest absolute Gasteiger partial charge is 0.261 e. The Hall–Kier alpha value is -3.56. The zero-order valence-electron chi connectivity index (χ0n) is 18.6. The second-order valence-corrected chi connectivity index (χ2v) is 8.29. The van der Waals surface area contributed by atoms with Crippen molar-refractivity contribution in [2.45, 2.75) is 26.7 Å². The number of hydrogen-bond donors (Lipinski definition) is 1. The molecule has 3 aromatic heterocycles. The molecule has 3 heterocycles. The fraction of sp³-hybridized carbons (Fsp3) is 0.250. The standard InChI is InChI=1S/C24H24N4O4S/c1-15-20-23(31-3)27-19(14-30-2)28-24(20)33-21(15)22(29)26-12-16-6-8-18(9-7-16)32-13-17-5-4-10-25-11-17/h4-11H,12-14H2,1-3H3,(H,26,29). The van der Waals surface area contributed by atoms with Crippen molar-refractivity contribution in [2.24, 2.45) is 0 Å². The zero-order valence-corrected chi connectivity index (χ0v) is 19.4. The summed E-state index contributed by atoms with van der Waals surface area (Å²) in [5, 5.41) is 3.73. The van der Waals surface area contributed by atoms with E-state index < -0.39 is 0 Å². The summed E-state index contributed by atoms with van der Waals surface area (Å²) in [6.45, 7) is 3.00. The first-order valence-electron chi connectivity index (χ1n) is 10.3. The lowest BCUT2D eigenvalue weighted by Crippen LogP contribution is -2.22. The van der Waals surface area contributed by atoms with Crippen molar-refractivity contribution in [2.75, 3.05) is 14.2 Å². The molecule has 0 aliphatic heterocycles. The van der Waals surface area contributed by atoms with Gasteiger partial charge in [-0.1, -0.05) is 18.2 Å². The highest BCUT2D eigenvalue weighted by Crippen LogP contribution is 2.35. The van der Waals surface area contributed by atoms with E-state index in [1.165, 1.54) is 11.3 Å². The van der Waals surface area contributed by atoms with E-state index in [1.807, 2.05) is 43.3 Å². The molecule has 9 heteroatoms. The second kappa shape index (κ2) is 10.4. The Kier molecular flexibility index (Phi) is 7.11. The molecule has 0 unspecified atom stereocenters. The molecule has 4 rings (SSSR count). The van der Waals surface area contributed by atoms with Crippen LogP contribution >= 0.6 is 11.3 Å². The van der Waals surface area contributed by atoms with Crippen LogP contribution in [-0.2, 0) is 24.5 Å². The van der Waals surface area contributed by atoms with Crippen molar-refractivity contribution in [3.8, 4) is 11.6 Å². The summed E-state index contributed by atoms with van der Waals surface area (Å²) in [6, 6.07) is 11.5. The monoisotopic (exact) mass is 464 g/mol. The number of nitrogens with one attached hydrogen (secondary N) is 1. The molecule has 8 nitrogen and oxygen atoms in total. The van der Waals surface area contributed by atoms with Crippen molar-refractivity contribution in [1.29, 1.82) is 0 Å². The number of carbonyl (C=O) groups excluding carboxylic acids is 1. The van der Waals surface area contributed by atoms with Crippen LogP contribution in [0.15, 0.2) is 48.8 Å². The molecule has 0 bridgehead atoms. The molecule has 0 spiro atoms. The summed E-state index contributed by atoms with van der Waals surface area (Å²) in [4.78, 5) is 27.2. The third kappa shape index (κ3) is 5.27. The van der Waals surface area contributed by atoms with Crippen molar-refractivity contribution in [3.63, 3.8) is 0 Å². The molecule has 1 N–H and O–H groups in total. The Morgan fingerprint density at radius 3 is 2.58 bits per heavy atom. The maximum atomic E-state index is 12.9. The number of ether oxygens (including phenoxy) is 3. The number of benzene rings is 1. The largest absolute Gasteiger partial charge is 0.489 e. The molecule has 4 aromatic rings. The Balaban J connectivity index is 1.41. The highest BCUT2D eigenvalue weighted by molar-refractivity contribution is 7.20. The summed E-state index contributed by atoms with van der Waals surface area (Å²) in [6.07, 6.45) is 3.51. The summed E-state index contributed by atoms with van der Waals surface area (Å²) in [5.41, 5.74) is 2.77. The highest BCUT2D eigenvalue weighted by atomic mass is 32.1. The lowest BCUT2D eigenvalue weighted by molar-refractivity contribution is 0.0954. The number of nitrogens with zero attached hydrogens (tertiary/aromatic N) is 3. The minimum absolute atomic E-state index is 0.164. The van der Waals surface area contributed by atoms with Gasteiger partial charge in [0.05, 0.1) is 17.4 Å². The SMILES string of the molecule is COCc1nc(OC)c2c(C)c(C(=O)NCc3ccc(OCc4cccnc4)cc3)sc2n1. The van der Waals surface area contributed by atoms with Crippen LogP contribution in [0.1, 0.15) is 32.2 Å². The van der Waals surface area contributed by atoms with Crippen LogP contribution in [0.2, 0.25) is 0 Å². The number of methoxy groups -OCH3 is 2. The van der Waals surface area contributed by atoms with E-state index in [4.69, 9.17) is 14.2 Å². The Labute approximate surface area is 195 Å². The first-order valence-corrected chi connectivity index (χ1v) is 11.1. The molecule has 0 saturated carbocycles. The molecule has 0 aliphatic rings. The van der Waals surface area contributed by atoms with Crippen LogP contribution < -0.4 is 14.8 Å². The van der Waals surface area contributed by atoms with Crippen molar-refractivity contribution >= 4 is 27.5 Å². The minimum atomic E-state index is -0.164. The van der Waals surface area contributed by atoms with Crippen LogP contribution in [0.4, 0.5) is 0 Å². The van der Waals surface area contributed by atoms with Crippen molar-refractivity contribution in [1.82, 2.24) is 20.3 Å². The molecule has 1 amide bonds. The number of aryl methyl sites for hydroxylation is 1. The van der Waals surface area contributed by atoms with E-state index in [1.54, 1.807) is 26.6 Å². The van der Waals surface area contributed by atoms with Crippen LogP contribution in [0.5, 0.6) is 11.6 Å². The van der Waals surface area contributed by atoms with Gasteiger partial charge >= 0.3 is 0 Å². The molecule has 0 aliphatic carbocycles. The van der Waals surface area contributed by atoms with E-state index in [-0.39, 0.29) is 12.5 Å². The molecule has 0 radical (unpaired) electrons. The fourth-order valence-electron chi connectivity index (χ4n) is 3.32. The number of rotatable bonds is 9. The van der Waals surface area contributed by atoms with Gasteiger partial charge < -0.3 is 19.5 Å². The maximum absolute atomic E-state index is 12.9. The van der Waals surface area contributed by atoms with Gasteiger partial charge in [0.1, 0.15) is 23.8 Å². The van der Waals surface area contributed by atoms with Gasteiger partial charge in [-0.15, -0.1) is 11.3 Å². The molecule has 1 aromatic carbocycles. The number of amides is 1. The first-order chi connectivity index (χ1) is 16.1. The van der Waals surface area contributed by atoms with Crippen LogP contribution in [0.25, 0.3) is 10.2 Å². The third-order valence-corrected chi connectivity index (χ3v) is 6.17. The van der Waals surface area contributed by atoms with Gasteiger partial charge in [0.15, 0.2) is 5.82 Å². The number of aromatic nitrogens is 3. The quantitative estimate of drug-likeness (QED) is 0.399. The molecule has 33 heavy (non-hydrogen) atoms. The molecular weight excluding hydrogens is 440 g/mol. The Morgan fingerprint density at radius 1 is 1.06 bits per heavy atom. The average molecular weight is 465 g/mol.